The highest BCUT2D eigenvalue weighted by molar-refractivity contribution is 6.35. The third kappa shape index (κ3) is 2.02. The maximum absolute atomic E-state index is 6.13. The molecule has 0 aromatic heterocycles. The molecule has 1 aromatic rings. The van der Waals surface area contributed by atoms with Gasteiger partial charge in [0.25, 0.3) is 0 Å². The van der Waals surface area contributed by atoms with Gasteiger partial charge in [-0.2, -0.15) is 0 Å². The molecule has 1 heterocycles. The molecular weight excluding hydrogens is 245 g/mol. The van der Waals surface area contributed by atoms with E-state index in [-0.39, 0.29) is 0 Å². The van der Waals surface area contributed by atoms with E-state index in [2.05, 4.69) is 5.32 Å². The fourth-order valence-electron chi connectivity index (χ4n) is 2.13. The molecule has 1 fully saturated rings. The Bertz CT molecular complexity index is 418. The van der Waals surface area contributed by atoms with Crippen molar-refractivity contribution in [2.75, 3.05) is 6.61 Å². The van der Waals surface area contributed by atoms with Crippen molar-refractivity contribution in [3.8, 4) is 5.75 Å². The summed E-state index contributed by atoms with van der Waals surface area (Å²) in [6, 6.07) is 4.71. The predicted molar refractivity (Wildman–Crippen MR) is 65.5 cm³/mol. The van der Waals surface area contributed by atoms with Crippen LogP contribution in [0.1, 0.15) is 30.9 Å². The number of nitrogens with one attached hydrogen (secondary N) is 1. The van der Waals surface area contributed by atoms with Crippen molar-refractivity contribution in [3.63, 3.8) is 0 Å². The molecule has 1 aliphatic heterocycles. The number of ether oxygens (including phenoxy) is 1. The average molecular weight is 258 g/mol. The van der Waals surface area contributed by atoms with E-state index in [1.165, 1.54) is 12.8 Å². The normalized spacial score (nSPS) is 23.8. The van der Waals surface area contributed by atoms with E-state index in [1.54, 1.807) is 6.07 Å². The van der Waals surface area contributed by atoms with Gasteiger partial charge in [-0.15, -0.1) is 0 Å². The van der Waals surface area contributed by atoms with Crippen LogP contribution in [0.25, 0.3) is 0 Å². The zero-order chi connectivity index (χ0) is 11.1. The Morgan fingerprint density at radius 2 is 2.00 bits per heavy atom. The van der Waals surface area contributed by atoms with Crippen molar-refractivity contribution in [3.05, 3.63) is 27.7 Å². The fraction of sp³-hybridized carbons (Fsp3) is 0.500. The Labute approximate surface area is 105 Å². The van der Waals surface area contributed by atoms with Gasteiger partial charge in [0.1, 0.15) is 5.75 Å². The number of halogens is 2. The SMILES string of the molecule is Clc1cc(Cl)c2c(c1)C(NC1CC1)CCO2. The monoisotopic (exact) mass is 257 g/mol. The molecule has 3 rings (SSSR count). The van der Waals surface area contributed by atoms with Crippen LogP contribution in [-0.2, 0) is 0 Å². The minimum absolute atomic E-state index is 0.340. The highest BCUT2D eigenvalue weighted by Crippen LogP contribution is 2.41. The van der Waals surface area contributed by atoms with E-state index in [9.17, 15) is 0 Å². The van der Waals surface area contributed by atoms with Gasteiger partial charge in [-0.1, -0.05) is 23.2 Å². The topological polar surface area (TPSA) is 21.3 Å². The molecule has 0 bridgehead atoms. The maximum atomic E-state index is 6.13. The molecule has 86 valence electrons. The van der Waals surface area contributed by atoms with Crippen molar-refractivity contribution in [1.82, 2.24) is 5.32 Å². The predicted octanol–water partition coefficient (Wildman–Crippen LogP) is 3.57. The van der Waals surface area contributed by atoms with E-state index >= 15 is 0 Å². The molecule has 0 amide bonds. The number of hydrogen-bond donors (Lipinski definition) is 1. The minimum Gasteiger partial charge on any atom is -0.492 e. The van der Waals surface area contributed by atoms with Crippen LogP contribution in [-0.4, -0.2) is 12.6 Å². The van der Waals surface area contributed by atoms with E-state index in [0.29, 0.717) is 22.1 Å². The summed E-state index contributed by atoms with van der Waals surface area (Å²) >= 11 is 12.2. The van der Waals surface area contributed by atoms with Crippen molar-refractivity contribution in [2.45, 2.75) is 31.3 Å². The van der Waals surface area contributed by atoms with Crippen LogP contribution in [0, 0.1) is 0 Å². The summed E-state index contributed by atoms with van der Waals surface area (Å²) in [7, 11) is 0. The second-order valence-electron chi connectivity index (χ2n) is 4.44. The Balaban J connectivity index is 1.95. The van der Waals surface area contributed by atoms with Gasteiger partial charge in [0, 0.05) is 29.1 Å². The zero-order valence-electron chi connectivity index (χ0n) is 8.80. The highest BCUT2D eigenvalue weighted by Gasteiger charge is 2.30. The molecular formula is C12H13Cl2NO. The summed E-state index contributed by atoms with van der Waals surface area (Å²) in [4.78, 5) is 0. The largest absolute Gasteiger partial charge is 0.492 e. The van der Waals surface area contributed by atoms with Gasteiger partial charge in [0.15, 0.2) is 0 Å². The standard InChI is InChI=1S/C12H13Cl2NO/c13-7-5-9-11(15-8-1-2-8)3-4-16-12(9)10(14)6-7/h5-6,8,11,15H,1-4H2. The lowest BCUT2D eigenvalue weighted by atomic mass is 10.0. The van der Waals surface area contributed by atoms with Crippen LogP contribution >= 0.6 is 23.2 Å². The molecule has 1 unspecified atom stereocenters. The number of rotatable bonds is 2. The third-order valence-electron chi connectivity index (χ3n) is 3.08. The molecule has 1 saturated carbocycles. The summed E-state index contributed by atoms with van der Waals surface area (Å²) in [6.07, 6.45) is 3.54. The van der Waals surface area contributed by atoms with Crippen LogP contribution in [0.4, 0.5) is 0 Å². The number of hydrogen-bond acceptors (Lipinski definition) is 2. The van der Waals surface area contributed by atoms with Gasteiger partial charge >= 0.3 is 0 Å². The fourth-order valence-corrected chi connectivity index (χ4v) is 2.70. The van der Waals surface area contributed by atoms with Gasteiger partial charge in [-0.05, 0) is 25.0 Å². The van der Waals surface area contributed by atoms with Crippen molar-refractivity contribution < 1.29 is 4.74 Å². The minimum atomic E-state index is 0.340. The second kappa shape index (κ2) is 4.10. The van der Waals surface area contributed by atoms with E-state index in [4.69, 9.17) is 27.9 Å². The molecule has 1 aromatic carbocycles. The quantitative estimate of drug-likeness (QED) is 0.875. The van der Waals surface area contributed by atoms with Gasteiger partial charge in [0.05, 0.1) is 11.6 Å². The van der Waals surface area contributed by atoms with Gasteiger partial charge in [-0.3, -0.25) is 0 Å². The van der Waals surface area contributed by atoms with E-state index in [1.807, 2.05) is 6.07 Å². The number of benzene rings is 1. The zero-order valence-corrected chi connectivity index (χ0v) is 10.3. The smallest absolute Gasteiger partial charge is 0.142 e. The van der Waals surface area contributed by atoms with Crippen molar-refractivity contribution in [2.24, 2.45) is 0 Å². The van der Waals surface area contributed by atoms with Crippen LogP contribution in [0.3, 0.4) is 0 Å². The Morgan fingerprint density at radius 1 is 1.19 bits per heavy atom. The molecule has 1 aliphatic carbocycles. The first-order valence-electron chi connectivity index (χ1n) is 5.62. The summed E-state index contributed by atoms with van der Waals surface area (Å²) in [6.45, 7) is 0.721. The molecule has 2 nitrogen and oxygen atoms in total. The highest BCUT2D eigenvalue weighted by atomic mass is 35.5. The molecule has 16 heavy (non-hydrogen) atoms. The molecule has 0 radical (unpaired) electrons. The molecule has 2 aliphatic rings. The summed E-state index contributed by atoms with van der Waals surface area (Å²) < 4.78 is 5.61. The Hall–Kier alpha value is -0.440. The Kier molecular flexibility index (Phi) is 2.74. The number of fused-ring (bicyclic) bond motifs is 1. The summed E-state index contributed by atoms with van der Waals surface area (Å²) in [5.41, 5.74) is 1.11. The first-order valence-corrected chi connectivity index (χ1v) is 6.37. The van der Waals surface area contributed by atoms with Crippen LogP contribution in [0.5, 0.6) is 5.75 Å². The van der Waals surface area contributed by atoms with Crippen molar-refractivity contribution in [1.29, 1.82) is 0 Å². The lowest BCUT2D eigenvalue weighted by Gasteiger charge is -2.27. The average Bonchev–Trinajstić information content (AvgIpc) is 3.03. The molecule has 4 heteroatoms. The first kappa shape index (κ1) is 10.7. The first-order chi connectivity index (χ1) is 7.74. The van der Waals surface area contributed by atoms with Crippen LogP contribution < -0.4 is 10.1 Å². The van der Waals surface area contributed by atoms with Crippen LogP contribution in [0.2, 0.25) is 10.0 Å². The van der Waals surface area contributed by atoms with Crippen molar-refractivity contribution >= 4 is 23.2 Å². The van der Waals surface area contributed by atoms with Crippen LogP contribution in [0.15, 0.2) is 12.1 Å². The lowest BCUT2D eigenvalue weighted by Crippen LogP contribution is -2.28. The maximum Gasteiger partial charge on any atom is 0.142 e. The third-order valence-corrected chi connectivity index (χ3v) is 3.58. The van der Waals surface area contributed by atoms with Gasteiger partial charge < -0.3 is 10.1 Å². The van der Waals surface area contributed by atoms with E-state index in [0.717, 1.165) is 24.3 Å². The second-order valence-corrected chi connectivity index (χ2v) is 5.28. The van der Waals surface area contributed by atoms with Gasteiger partial charge in [0.2, 0.25) is 0 Å². The lowest BCUT2D eigenvalue weighted by molar-refractivity contribution is 0.252. The summed E-state index contributed by atoms with van der Waals surface area (Å²) in [5, 5.41) is 4.90. The molecule has 1 N–H and O–H groups in total. The van der Waals surface area contributed by atoms with Gasteiger partial charge in [-0.25, -0.2) is 0 Å². The molecule has 0 spiro atoms. The molecule has 0 saturated heterocycles. The molecule has 1 atom stereocenters. The van der Waals surface area contributed by atoms with E-state index < -0.39 is 0 Å². The summed E-state index contributed by atoms with van der Waals surface area (Å²) in [5.74, 6) is 0.801. The Morgan fingerprint density at radius 3 is 2.75 bits per heavy atom.